The van der Waals surface area contributed by atoms with E-state index in [1.807, 2.05) is 6.08 Å². The number of nitrogens with zero attached hydrogens (tertiary/aromatic N) is 1. The number of hydrogen-bond donors (Lipinski definition) is 1. The maximum atomic E-state index is 10.9. The van der Waals surface area contributed by atoms with E-state index >= 15 is 0 Å². The van der Waals surface area contributed by atoms with Crippen LogP contribution in [0.5, 0.6) is 0 Å². The SMILES string of the molecule is O=C1N=CC2=C1C=CCN2. The monoisotopic (exact) mass is 134 g/mol. The summed E-state index contributed by atoms with van der Waals surface area (Å²) in [7, 11) is 0. The minimum atomic E-state index is -0.140. The van der Waals surface area contributed by atoms with Crippen molar-refractivity contribution in [3.8, 4) is 0 Å². The van der Waals surface area contributed by atoms with Gasteiger partial charge in [-0.15, -0.1) is 0 Å². The molecule has 0 atom stereocenters. The van der Waals surface area contributed by atoms with Crippen molar-refractivity contribution < 1.29 is 4.79 Å². The summed E-state index contributed by atoms with van der Waals surface area (Å²) in [6.07, 6.45) is 5.29. The molecule has 3 nitrogen and oxygen atoms in total. The van der Waals surface area contributed by atoms with Crippen LogP contribution in [0.2, 0.25) is 0 Å². The van der Waals surface area contributed by atoms with E-state index in [1.165, 1.54) is 0 Å². The Morgan fingerprint density at radius 2 is 2.50 bits per heavy atom. The van der Waals surface area contributed by atoms with E-state index in [4.69, 9.17) is 0 Å². The Balaban J connectivity index is 2.46. The molecule has 1 N–H and O–H groups in total. The average molecular weight is 134 g/mol. The lowest BCUT2D eigenvalue weighted by Gasteiger charge is -2.06. The van der Waals surface area contributed by atoms with Gasteiger partial charge < -0.3 is 5.32 Å². The highest BCUT2D eigenvalue weighted by atomic mass is 16.1. The van der Waals surface area contributed by atoms with Gasteiger partial charge in [0.15, 0.2) is 0 Å². The van der Waals surface area contributed by atoms with Crippen molar-refractivity contribution in [2.24, 2.45) is 4.99 Å². The van der Waals surface area contributed by atoms with Crippen LogP contribution in [0.3, 0.4) is 0 Å². The van der Waals surface area contributed by atoms with Crippen LogP contribution >= 0.6 is 0 Å². The zero-order valence-electron chi connectivity index (χ0n) is 5.29. The highest BCUT2D eigenvalue weighted by Crippen LogP contribution is 2.13. The van der Waals surface area contributed by atoms with Crippen molar-refractivity contribution in [2.45, 2.75) is 0 Å². The molecule has 3 heteroatoms. The number of carbonyl (C=O) groups excluding carboxylic acids is 1. The molecule has 0 aliphatic carbocycles. The summed E-state index contributed by atoms with van der Waals surface area (Å²) in [5, 5.41) is 3.03. The Morgan fingerprint density at radius 3 is 3.30 bits per heavy atom. The van der Waals surface area contributed by atoms with Gasteiger partial charge >= 0.3 is 0 Å². The number of allylic oxidation sites excluding steroid dienone is 1. The normalized spacial score (nSPS) is 21.4. The number of rotatable bonds is 0. The topological polar surface area (TPSA) is 41.5 Å². The zero-order valence-corrected chi connectivity index (χ0v) is 5.29. The van der Waals surface area contributed by atoms with E-state index in [-0.39, 0.29) is 5.91 Å². The molecule has 2 aliphatic heterocycles. The van der Waals surface area contributed by atoms with Crippen LogP contribution in [-0.2, 0) is 4.79 Å². The molecule has 1 amide bonds. The summed E-state index contributed by atoms with van der Waals surface area (Å²) < 4.78 is 0. The third kappa shape index (κ3) is 0.603. The molecule has 0 aromatic heterocycles. The van der Waals surface area contributed by atoms with E-state index in [9.17, 15) is 4.79 Å². The molecule has 0 fully saturated rings. The summed E-state index contributed by atoms with van der Waals surface area (Å²) in [4.78, 5) is 14.5. The van der Waals surface area contributed by atoms with Crippen molar-refractivity contribution in [1.82, 2.24) is 5.32 Å². The fourth-order valence-electron chi connectivity index (χ4n) is 1.03. The van der Waals surface area contributed by atoms with E-state index in [0.29, 0.717) is 5.57 Å². The molecule has 0 saturated heterocycles. The molecule has 2 aliphatic rings. The highest BCUT2D eigenvalue weighted by molar-refractivity contribution is 6.12. The van der Waals surface area contributed by atoms with Crippen molar-refractivity contribution in [3.05, 3.63) is 23.4 Å². The van der Waals surface area contributed by atoms with Gasteiger partial charge in [-0.2, -0.15) is 0 Å². The van der Waals surface area contributed by atoms with Gasteiger partial charge in [-0.25, -0.2) is 4.99 Å². The molecule has 0 bridgehead atoms. The minimum absolute atomic E-state index is 0.140. The summed E-state index contributed by atoms with van der Waals surface area (Å²) in [6, 6.07) is 0. The van der Waals surface area contributed by atoms with Crippen molar-refractivity contribution in [3.63, 3.8) is 0 Å². The fourth-order valence-corrected chi connectivity index (χ4v) is 1.03. The third-order valence-corrected chi connectivity index (χ3v) is 1.53. The number of hydrogen-bond acceptors (Lipinski definition) is 2. The van der Waals surface area contributed by atoms with Crippen molar-refractivity contribution in [1.29, 1.82) is 0 Å². The molecule has 50 valence electrons. The number of nitrogens with one attached hydrogen (secondary N) is 1. The van der Waals surface area contributed by atoms with Crippen LogP contribution in [0, 0.1) is 0 Å². The third-order valence-electron chi connectivity index (χ3n) is 1.53. The Morgan fingerprint density at radius 1 is 1.60 bits per heavy atom. The number of carbonyl (C=O) groups is 1. The fraction of sp³-hybridized carbons (Fsp3) is 0.143. The van der Waals surface area contributed by atoms with Crippen LogP contribution in [0.4, 0.5) is 0 Å². The molecular weight excluding hydrogens is 128 g/mol. The van der Waals surface area contributed by atoms with Gasteiger partial charge in [-0.05, 0) is 6.08 Å². The average Bonchev–Trinajstić information content (AvgIpc) is 2.34. The van der Waals surface area contributed by atoms with Gasteiger partial charge in [-0.3, -0.25) is 4.79 Å². The lowest BCUT2D eigenvalue weighted by atomic mass is 10.1. The second-order valence-electron chi connectivity index (χ2n) is 2.17. The molecule has 0 unspecified atom stereocenters. The first kappa shape index (κ1) is 5.41. The predicted molar refractivity (Wildman–Crippen MR) is 37.7 cm³/mol. The Bertz CT molecular complexity index is 273. The Hall–Kier alpha value is -1.38. The van der Waals surface area contributed by atoms with Crippen LogP contribution < -0.4 is 5.32 Å². The second kappa shape index (κ2) is 1.80. The smallest absolute Gasteiger partial charge is 0.279 e. The van der Waals surface area contributed by atoms with Gasteiger partial charge in [0, 0.05) is 6.54 Å². The van der Waals surface area contributed by atoms with Gasteiger partial charge in [0.1, 0.15) is 0 Å². The lowest BCUT2D eigenvalue weighted by Crippen LogP contribution is -2.18. The highest BCUT2D eigenvalue weighted by Gasteiger charge is 2.17. The number of amides is 1. The quantitative estimate of drug-likeness (QED) is 0.507. The standard InChI is InChI=1S/C7H6N2O/c10-7-5-2-1-3-8-6(5)4-9-7/h1-2,4,8H,3H2. The van der Waals surface area contributed by atoms with Gasteiger partial charge in [0.2, 0.25) is 0 Å². The van der Waals surface area contributed by atoms with Crippen LogP contribution in [0.15, 0.2) is 28.4 Å². The maximum Gasteiger partial charge on any atom is 0.279 e. The van der Waals surface area contributed by atoms with Gasteiger partial charge in [-0.1, -0.05) is 6.08 Å². The number of dihydropyridines is 1. The molecule has 0 spiro atoms. The molecule has 0 aromatic carbocycles. The first-order valence-electron chi connectivity index (χ1n) is 3.11. The number of aliphatic imine (C=N–C) groups is 1. The molecule has 10 heavy (non-hydrogen) atoms. The van der Waals surface area contributed by atoms with E-state index in [0.717, 1.165) is 12.2 Å². The first-order valence-corrected chi connectivity index (χ1v) is 3.11. The molecule has 0 aromatic rings. The zero-order chi connectivity index (χ0) is 6.97. The predicted octanol–water partition coefficient (Wildman–Crippen LogP) is 0.0109. The second-order valence-corrected chi connectivity index (χ2v) is 2.17. The molecular formula is C7H6N2O. The van der Waals surface area contributed by atoms with Crippen LogP contribution in [0.25, 0.3) is 0 Å². The molecule has 0 saturated carbocycles. The Labute approximate surface area is 58.1 Å². The largest absolute Gasteiger partial charge is 0.380 e. The lowest BCUT2D eigenvalue weighted by molar-refractivity contribution is -0.113. The summed E-state index contributed by atoms with van der Waals surface area (Å²) >= 11 is 0. The summed E-state index contributed by atoms with van der Waals surface area (Å²) in [5.41, 5.74) is 1.54. The van der Waals surface area contributed by atoms with E-state index in [2.05, 4.69) is 10.3 Å². The Kier molecular flexibility index (Phi) is 0.974. The van der Waals surface area contributed by atoms with Crippen LogP contribution in [-0.4, -0.2) is 18.7 Å². The van der Waals surface area contributed by atoms with E-state index in [1.54, 1.807) is 12.3 Å². The van der Waals surface area contributed by atoms with E-state index < -0.39 is 0 Å². The first-order chi connectivity index (χ1) is 4.88. The molecule has 2 heterocycles. The van der Waals surface area contributed by atoms with Crippen molar-refractivity contribution >= 4 is 12.1 Å². The minimum Gasteiger partial charge on any atom is -0.380 e. The van der Waals surface area contributed by atoms with Crippen molar-refractivity contribution in [2.75, 3.05) is 6.54 Å². The summed E-state index contributed by atoms with van der Waals surface area (Å²) in [5.74, 6) is -0.140. The van der Waals surface area contributed by atoms with Gasteiger partial charge in [0.25, 0.3) is 5.91 Å². The van der Waals surface area contributed by atoms with Gasteiger partial charge in [0.05, 0.1) is 17.5 Å². The molecule has 0 radical (unpaired) electrons. The molecule has 2 rings (SSSR count). The maximum absolute atomic E-state index is 10.9. The summed E-state index contributed by atoms with van der Waals surface area (Å²) in [6.45, 7) is 0.790. The van der Waals surface area contributed by atoms with Crippen LogP contribution in [0.1, 0.15) is 0 Å².